The van der Waals surface area contributed by atoms with E-state index in [0.29, 0.717) is 36.7 Å². The van der Waals surface area contributed by atoms with E-state index >= 15 is 0 Å². The molecule has 9 heteroatoms. The largest absolute Gasteiger partial charge is 0.353 e. The molecule has 4 aromatic rings. The molecule has 3 heterocycles. The number of benzene rings is 2. The second-order valence-electron chi connectivity index (χ2n) is 7.08. The third-order valence-corrected chi connectivity index (χ3v) is 7.29. The Morgan fingerprint density at radius 1 is 0.862 bits per heavy atom. The molecule has 0 unspecified atom stereocenters. The molecular formula is C20H20N6O2S. The van der Waals surface area contributed by atoms with E-state index in [0.717, 1.165) is 22.4 Å². The highest BCUT2D eigenvalue weighted by Gasteiger charge is 2.30. The molecule has 29 heavy (non-hydrogen) atoms. The molecular weight excluding hydrogens is 388 g/mol. The molecule has 0 amide bonds. The topological polar surface area (TPSA) is 83.7 Å². The second kappa shape index (κ2) is 6.78. The summed E-state index contributed by atoms with van der Waals surface area (Å²) in [5.74, 6) is 1.52. The van der Waals surface area contributed by atoms with E-state index in [1.165, 1.54) is 0 Å². The second-order valence-corrected chi connectivity index (χ2v) is 8.98. The van der Waals surface area contributed by atoms with Crippen LogP contribution in [0.3, 0.4) is 0 Å². The summed E-state index contributed by atoms with van der Waals surface area (Å²) in [5.41, 5.74) is 0.698. The van der Waals surface area contributed by atoms with Gasteiger partial charge in [-0.15, -0.1) is 15.3 Å². The standard InChI is InChI=1S/C20H20N6O2S/c1-15-21-22-19-9-10-20(23-26(15)19)24-11-13-25(14-12-24)29(27,28)18-8-4-6-16-5-2-3-7-17(16)18/h2-10H,11-14H2,1H3. The first-order valence-corrected chi connectivity index (χ1v) is 10.9. The number of fused-ring (bicyclic) bond motifs is 2. The van der Waals surface area contributed by atoms with E-state index in [1.807, 2.05) is 49.4 Å². The smallest absolute Gasteiger partial charge is 0.243 e. The molecule has 1 aliphatic heterocycles. The molecule has 0 radical (unpaired) electrons. The van der Waals surface area contributed by atoms with Crippen LogP contribution >= 0.6 is 0 Å². The van der Waals surface area contributed by atoms with E-state index < -0.39 is 10.0 Å². The van der Waals surface area contributed by atoms with Gasteiger partial charge in [0.1, 0.15) is 5.82 Å². The zero-order valence-electron chi connectivity index (χ0n) is 15.9. The third kappa shape index (κ3) is 3.02. The first kappa shape index (κ1) is 18.0. The van der Waals surface area contributed by atoms with Crippen molar-refractivity contribution in [1.82, 2.24) is 24.1 Å². The summed E-state index contributed by atoms with van der Waals surface area (Å²) in [7, 11) is -3.57. The zero-order chi connectivity index (χ0) is 20.0. The summed E-state index contributed by atoms with van der Waals surface area (Å²) in [6.07, 6.45) is 0. The lowest BCUT2D eigenvalue weighted by Crippen LogP contribution is -2.49. The van der Waals surface area contributed by atoms with Crippen molar-refractivity contribution >= 4 is 32.3 Å². The normalized spacial score (nSPS) is 16.0. The molecule has 0 aliphatic carbocycles. The van der Waals surface area contributed by atoms with E-state index in [-0.39, 0.29) is 0 Å². The Morgan fingerprint density at radius 3 is 2.45 bits per heavy atom. The van der Waals surface area contributed by atoms with Gasteiger partial charge in [0, 0.05) is 31.6 Å². The predicted octanol–water partition coefficient (Wildman–Crippen LogP) is 2.10. The van der Waals surface area contributed by atoms with Gasteiger partial charge in [-0.05, 0) is 30.5 Å². The molecule has 0 bridgehead atoms. The monoisotopic (exact) mass is 408 g/mol. The average Bonchev–Trinajstić information content (AvgIpc) is 3.13. The van der Waals surface area contributed by atoms with Gasteiger partial charge in [-0.1, -0.05) is 36.4 Å². The lowest BCUT2D eigenvalue weighted by Gasteiger charge is -2.34. The number of hydrogen-bond acceptors (Lipinski definition) is 6. The van der Waals surface area contributed by atoms with Crippen LogP contribution < -0.4 is 4.90 Å². The Hall–Kier alpha value is -3.04. The van der Waals surface area contributed by atoms with Crippen LogP contribution in [-0.4, -0.2) is 58.7 Å². The molecule has 0 saturated carbocycles. The third-order valence-electron chi connectivity index (χ3n) is 5.33. The summed E-state index contributed by atoms with van der Waals surface area (Å²) in [4.78, 5) is 2.46. The van der Waals surface area contributed by atoms with Gasteiger partial charge in [0.25, 0.3) is 0 Å². The van der Waals surface area contributed by atoms with Crippen LogP contribution in [0.15, 0.2) is 59.5 Å². The number of aryl methyl sites for hydroxylation is 1. The molecule has 148 valence electrons. The van der Waals surface area contributed by atoms with Crippen LogP contribution in [0.4, 0.5) is 5.82 Å². The maximum absolute atomic E-state index is 13.3. The minimum atomic E-state index is -3.57. The van der Waals surface area contributed by atoms with Crippen LogP contribution in [0.1, 0.15) is 5.82 Å². The Morgan fingerprint density at radius 2 is 1.62 bits per heavy atom. The van der Waals surface area contributed by atoms with Crippen molar-refractivity contribution in [3.8, 4) is 0 Å². The maximum atomic E-state index is 13.3. The summed E-state index contributed by atoms with van der Waals surface area (Å²) >= 11 is 0. The molecule has 5 rings (SSSR count). The van der Waals surface area contributed by atoms with Gasteiger partial charge in [-0.25, -0.2) is 8.42 Å². The fourth-order valence-electron chi connectivity index (χ4n) is 3.77. The maximum Gasteiger partial charge on any atom is 0.243 e. The predicted molar refractivity (Wildman–Crippen MR) is 110 cm³/mol. The van der Waals surface area contributed by atoms with Crippen LogP contribution in [-0.2, 0) is 10.0 Å². The molecule has 0 N–H and O–H groups in total. The molecule has 0 spiro atoms. The summed E-state index contributed by atoms with van der Waals surface area (Å²) in [6.45, 7) is 3.82. The summed E-state index contributed by atoms with van der Waals surface area (Å²) < 4.78 is 29.9. The van der Waals surface area contributed by atoms with Gasteiger partial charge in [0.15, 0.2) is 11.5 Å². The highest BCUT2D eigenvalue weighted by atomic mass is 32.2. The van der Waals surface area contributed by atoms with Crippen molar-refractivity contribution in [2.45, 2.75) is 11.8 Å². The Kier molecular flexibility index (Phi) is 4.21. The zero-order valence-corrected chi connectivity index (χ0v) is 16.7. The van der Waals surface area contributed by atoms with Crippen molar-refractivity contribution in [2.75, 3.05) is 31.1 Å². The van der Waals surface area contributed by atoms with E-state index in [2.05, 4.69) is 20.2 Å². The number of nitrogens with zero attached hydrogens (tertiary/aromatic N) is 6. The van der Waals surface area contributed by atoms with Gasteiger partial charge in [0.2, 0.25) is 10.0 Å². The number of aromatic nitrogens is 4. The molecule has 8 nitrogen and oxygen atoms in total. The van der Waals surface area contributed by atoms with Crippen molar-refractivity contribution in [2.24, 2.45) is 0 Å². The molecule has 1 fully saturated rings. The number of hydrogen-bond donors (Lipinski definition) is 0. The fraction of sp³-hybridized carbons (Fsp3) is 0.250. The van der Waals surface area contributed by atoms with Gasteiger partial charge in [-0.3, -0.25) is 0 Å². The quantitative estimate of drug-likeness (QED) is 0.516. The van der Waals surface area contributed by atoms with Crippen LogP contribution in [0.5, 0.6) is 0 Å². The molecule has 1 aliphatic rings. The Labute approximate surface area is 168 Å². The molecule has 0 atom stereocenters. The number of piperazine rings is 1. The minimum Gasteiger partial charge on any atom is -0.353 e. The van der Waals surface area contributed by atoms with Gasteiger partial charge >= 0.3 is 0 Å². The number of anilines is 1. The van der Waals surface area contributed by atoms with E-state index in [9.17, 15) is 8.42 Å². The summed E-state index contributed by atoms with van der Waals surface area (Å²) in [6, 6.07) is 16.8. The van der Waals surface area contributed by atoms with Crippen LogP contribution in [0, 0.1) is 6.92 Å². The van der Waals surface area contributed by atoms with Crippen LogP contribution in [0.25, 0.3) is 16.4 Å². The van der Waals surface area contributed by atoms with E-state index in [1.54, 1.807) is 21.0 Å². The molecule has 2 aromatic heterocycles. The van der Waals surface area contributed by atoms with Crippen molar-refractivity contribution < 1.29 is 8.42 Å². The SMILES string of the molecule is Cc1nnc2ccc(N3CCN(S(=O)(=O)c4cccc5ccccc45)CC3)nn12. The van der Waals surface area contributed by atoms with Crippen LogP contribution in [0.2, 0.25) is 0 Å². The van der Waals surface area contributed by atoms with Crippen molar-refractivity contribution in [1.29, 1.82) is 0 Å². The fourth-order valence-corrected chi connectivity index (χ4v) is 5.41. The molecule has 2 aromatic carbocycles. The molecule has 1 saturated heterocycles. The lowest BCUT2D eigenvalue weighted by molar-refractivity contribution is 0.383. The first-order chi connectivity index (χ1) is 14.0. The number of sulfonamides is 1. The van der Waals surface area contributed by atoms with Crippen molar-refractivity contribution in [3.05, 3.63) is 60.4 Å². The minimum absolute atomic E-state index is 0.365. The highest BCUT2D eigenvalue weighted by Crippen LogP contribution is 2.27. The lowest BCUT2D eigenvalue weighted by atomic mass is 10.1. The van der Waals surface area contributed by atoms with Gasteiger partial charge in [-0.2, -0.15) is 8.82 Å². The number of rotatable bonds is 3. The first-order valence-electron chi connectivity index (χ1n) is 9.46. The Balaban J connectivity index is 1.39. The Bertz CT molecular complexity index is 1300. The highest BCUT2D eigenvalue weighted by molar-refractivity contribution is 7.89. The average molecular weight is 408 g/mol. The van der Waals surface area contributed by atoms with Gasteiger partial charge < -0.3 is 4.90 Å². The van der Waals surface area contributed by atoms with E-state index in [4.69, 9.17) is 0 Å². The summed E-state index contributed by atoms with van der Waals surface area (Å²) in [5, 5.41) is 14.4. The van der Waals surface area contributed by atoms with Gasteiger partial charge in [0.05, 0.1) is 4.90 Å². The van der Waals surface area contributed by atoms with Crippen molar-refractivity contribution in [3.63, 3.8) is 0 Å².